The lowest BCUT2D eigenvalue weighted by Crippen LogP contribution is -2.44. The first-order valence-corrected chi connectivity index (χ1v) is 8.86. The van der Waals surface area contributed by atoms with Crippen molar-refractivity contribution in [3.05, 3.63) is 34.9 Å². The highest BCUT2D eigenvalue weighted by Gasteiger charge is 2.18. The molecule has 1 atom stereocenters. The second-order valence-corrected chi connectivity index (χ2v) is 6.93. The van der Waals surface area contributed by atoms with Gasteiger partial charge in [-0.2, -0.15) is 0 Å². The minimum Gasteiger partial charge on any atom is -0.354 e. The first kappa shape index (κ1) is 18.6. The number of hydrogen-bond acceptors (Lipinski definition) is 2. The van der Waals surface area contributed by atoms with E-state index in [-0.39, 0.29) is 18.5 Å². The molecule has 1 saturated carbocycles. The van der Waals surface area contributed by atoms with E-state index in [1.807, 2.05) is 24.3 Å². The summed E-state index contributed by atoms with van der Waals surface area (Å²) in [6.07, 6.45) is 4.79. The molecule has 0 radical (unpaired) electrons. The molecule has 24 heavy (non-hydrogen) atoms. The fourth-order valence-corrected chi connectivity index (χ4v) is 2.85. The highest BCUT2D eigenvalue weighted by Crippen LogP contribution is 2.18. The highest BCUT2D eigenvalue weighted by atomic mass is 35.5. The van der Waals surface area contributed by atoms with E-state index in [1.165, 1.54) is 12.8 Å². The van der Waals surface area contributed by atoms with Crippen LogP contribution < -0.4 is 10.6 Å². The van der Waals surface area contributed by atoms with Crippen LogP contribution in [0.3, 0.4) is 0 Å². The number of halogens is 1. The average molecular weight is 351 g/mol. The van der Waals surface area contributed by atoms with Gasteiger partial charge in [0.25, 0.3) is 0 Å². The minimum atomic E-state index is -0.0123. The summed E-state index contributed by atoms with van der Waals surface area (Å²) in [4.78, 5) is 17.8. The summed E-state index contributed by atoms with van der Waals surface area (Å²) in [5.41, 5.74) is 1.12. The number of guanidine groups is 1. The van der Waals surface area contributed by atoms with Gasteiger partial charge in [0.2, 0.25) is 5.91 Å². The molecule has 0 spiro atoms. The predicted octanol–water partition coefficient (Wildman–Crippen LogP) is 2.97. The fraction of sp³-hybridized carbons (Fsp3) is 0.556. The topological polar surface area (TPSA) is 56.7 Å². The fourth-order valence-electron chi connectivity index (χ4n) is 2.72. The Kier molecular flexibility index (Phi) is 6.91. The predicted molar refractivity (Wildman–Crippen MR) is 99.4 cm³/mol. The molecule has 5 nitrogen and oxygen atoms in total. The normalized spacial score (nSPS) is 16.8. The third kappa shape index (κ3) is 5.71. The molecule has 6 heteroatoms. The summed E-state index contributed by atoms with van der Waals surface area (Å²) >= 11 is 5.95. The zero-order valence-corrected chi connectivity index (χ0v) is 15.4. The van der Waals surface area contributed by atoms with Crippen LogP contribution in [0.25, 0.3) is 0 Å². The summed E-state index contributed by atoms with van der Waals surface area (Å²) in [5.74, 6) is 0.682. The number of amides is 1. The number of aliphatic imine (C=N–C) groups is 1. The molecule has 132 valence electrons. The quantitative estimate of drug-likeness (QED) is 0.634. The summed E-state index contributed by atoms with van der Waals surface area (Å²) in [7, 11) is 3.48. The van der Waals surface area contributed by atoms with Crippen molar-refractivity contribution in [2.24, 2.45) is 4.99 Å². The molecule has 1 amide bonds. The first-order valence-electron chi connectivity index (χ1n) is 8.49. The molecule has 1 aromatic rings. The van der Waals surface area contributed by atoms with Crippen LogP contribution in [-0.4, -0.2) is 43.4 Å². The maximum atomic E-state index is 11.8. The van der Waals surface area contributed by atoms with E-state index in [0.29, 0.717) is 12.0 Å². The monoisotopic (exact) mass is 350 g/mol. The number of rotatable bonds is 5. The Morgan fingerprint density at radius 2 is 1.92 bits per heavy atom. The Morgan fingerprint density at radius 3 is 2.50 bits per heavy atom. The van der Waals surface area contributed by atoms with Gasteiger partial charge < -0.3 is 15.5 Å². The van der Waals surface area contributed by atoms with Crippen molar-refractivity contribution in [1.29, 1.82) is 0 Å². The summed E-state index contributed by atoms with van der Waals surface area (Å²) < 4.78 is 0. The number of benzene rings is 1. The zero-order valence-electron chi connectivity index (χ0n) is 14.7. The molecule has 1 unspecified atom stereocenters. The second-order valence-electron chi connectivity index (χ2n) is 6.50. The van der Waals surface area contributed by atoms with E-state index >= 15 is 0 Å². The van der Waals surface area contributed by atoms with Gasteiger partial charge >= 0.3 is 0 Å². The standard InChI is InChI=1S/C18H27ClN4O/c1-13(14-8-10-15(19)11-9-14)21-18(20-12-17(24)23(2)3)22-16-6-4-5-7-16/h8-11,13,16H,4-7,12H2,1-3H3,(H2,20,21,22). The van der Waals surface area contributed by atoms with Gasteiger partial charge in [0, 0.05) is 25.2 Å². The summed E-state index contributed by atoms with van der Waals surface area (Å²) in [5, 5.41) is 7.59. The molecule has 2 rings (SSSR count). The lowest BCUT2D eigenvalue weighted by atomic mass is 10.1. The van der Waals surface area contributed by atoms with E-state index in [1.54, 1.807) is 19.0 Å². The van der Waals surface area contributed by atoms with Gasteiger partial charge in [-0.3, -0.25) is 4.79 Å². The van der Waals surface area contributed by atoms with Gasteiger partial charge in [-0.25, -0.2) is 4.99 Å². The third-order valence-electron chi connectivity index (χ3n) is 4.29. The van der Waals surface area contributed by atoms with Crippen molar-refractivity contribution < 1.29 is 4.79 Å². The number of carbonyl (C=O) groups is 1. The number of nitrogens with one attached hydrogen (secondary N) is 2. The Morgan fingerprint density at radius 1 is 1.29 bits per heavy atom. The molecule has 1 aromatic carbocycles. The molecule has 1 aliphatic carbocycles. The maximum Gasteiger partial charge on any atom is 0.243 e. The average Bonchev–Trinajstić information content (AvgIpc) is 3.05. The molecular weight excluding hydrogens is 324 g/mol. The van der Waals surface area contributed by atoms with Crippen LogP contribution >= 0.6 is 11.6 Å². The van der Waals surface area contributed by atoms with Gasteiger partial charge in [-0.15, -0.1) is 0 Å². The third-order valence-corrected chi connectivity index (χ3v) is 4.54. The van der Waals surface area contributed by atoms with Crippen molar-refractivity contribution in [2.75, 3.05) is 20.6 Å². The molecule has 0 saturated heterocycles. The first-order chi connectivity index (χ1) is 11.5. The van der Waals surface area contributed by atoms with Crippen LogP contribution in [-0.2, 0) is 4.79 Å². The Labute approximate surface area is 149 Å². The molecular formula is C18H27ClN4O. The summed E-state index contributed by atoms with van der Waals surface area (Å²) in [6.45, 7) is 2.21. The lowest BCUT2D eigenvalue weighted by molar-refractivity contribution is -0.127. The van der Waals surface area contributed by atoms with Gasteiger partial charge in [0.1, 0.15) is 6.54 Å². The summed E-state index contributed by atoms with van der Waals surface area (Å²) in [6, 6.07) is 8.26. The molecule has 0 aromatic heterocycles. The van der Waals surface area contributed by atoms with Gasteiger partial charge in [0.15, 0.2) is 5.96 Å². The van der Waals surface area contributed by atoms with Crippen molar-refractivity contribution in [3.8, 4) is 0 Å². The number of nitrogens with zero attached hydrogens (tertiary/aromatic N) is 2. The maximum absolute atomic E-state index is 11.8. The van der Waals surface area contributed by atoms with Crippen molar-refractivity contribution in [3.63, 3.8) is 0 Å². The van der Waals surface area contributed by atoms with Gasteiger partial charge in [-0.1, -0.05) is 36.6 Å². The molecule has 1 fully saturated rings. The van der Waals surface area contributed by atoms with Crippen molar-refractivity contribution in [1.82, 2.24) is 15.5 Å². The SMILES string of the molecule is CC(NC(=NCC(=O)N(C)C)NC1CCCC1)c1ccc(Cl)cc1. The van der Waals surface area contributed by atoms with Gasteiger partial charge in [0.05, 0.1) is 6.04 Å². The van der Waals surface area contributed by atoms with Crippen LogP contribution in [0.1, 0.15) is 44.2 Å². The smallest absolute Gasteiger partial charge is 0.243 e. The molecule has 2 N–H and O–H groups in total. The van der Waals surface area contributed by atoms with E-state index in [4.69, 9.17) is 11.6 Å². The largest absolute Gasteiger partial charge is 0.354 e. The van der Waals surface area contributed by atoms with Crippen LogP contribution in [0.4, 0.5) is 0 Å². The van der Waals surface area contributed by atoms with E-state index in [0.717, 1.165) is 23.4 Å². The minimum absolute atomic E-state index is 0.0123. The second kappa shape index (κ2) is 8.92. The Balaban J connectivity index is 2.04. The van der Waals surface area contributed by atoms with Crippen LogP contribution in [0.15, 0.2) is 29.3 Å². The highest BCUT2D eigenvalue weighted by molar-refractivity contribution is 6.30. The molecule has 1 aliphatic rings. The zero-order chi connectivity index (χ0) is 17.5. The molecule has 0 aliphatic heterocycles. The lowest BCUT2D eigenvalue weighted by Gasteiger charge is -2.22. The van der Waals surface area contributed by atoms with Gasteiger partial charge in [-0.05, 0) is 37.5 Å². The Hall–Kier alpha value is -1.75. The number of likely N-dealkylation sites (N-methyl/N-ethyl adjacent to an activating group) is 1. The number of carbonyl (C=O) groups excluding carboxylic acids is 1. The van der Waals surface area contributed by atoms with E-state index in [9.17, 15) is 4.79 Å². The van der Waals surface area contributed by atoms with Crippen LogP contribution in [0, 0.1) is 0 Å². The molecule has 0 heterocycles. The number of hydrogen-bond donors (Lipinski definition) is 2. The Bertz CT molecular complexity index is 565. The van der Waals surface area contributed by atoms with Crippen molar-refractivity contribution in [2.45, 2.75) is 44.7 Å². The van der Waals surface area contributed by atoms with E-state index < -0.39 is 0 Å². The molecule has 0 bridgehead atoms. The van der Waals surface area contributed by atoms with Crippen LogP contribution in [0.2, 0.25) is 5.02 Å². The van der Waals surface area contributed by atoms with Crippen LogP contribution in [0.5, 0.6) is 0 Å². The van der Waals surface area contributed by atoms with Crippen molar-refractivity contribution >= 4 is 23.5 Å². The van der Waals surface area contributed by atoms with E-state index in [2.05, 4.69) is 22.5 Å².